The van der Waals surface area contributed by atoms with Gasteiger partial charge in [-0.15, -0.1) is 11.3 Å². The number of piperidine rings is 1. The number of nitrogens with one attached hydrogen (secondary N) is 1. The summed E-state index contributed by atoms with van der Waals surface area (Å²) in [5.74, 6) is -0.686. The van der Waals surface area contributed by atoms with Crippen molar-refractivity contribution in [2.45, 2.75) is 25.8 Å². The van der Waals surface area contributed by atoms with Crippen LogP contribution in [0.1, 0.15) is 28.3 Å². The molecule has 0 saturated carbocycles. The van der Waals surface area contributed by atoms with Gasteiger partial charge in [0.25, 0.3) is 5.91 Å². The average Bonchev–Trinajstić information content (AvgIpc) is 2.83. The summed E-state index contributed by atoms with van der Waals surface area (Å²) in [7, 11) is 0. The highest BCUT2D eigenvalue weighted by molar-refractivity contribution is 7.09. The second-order valence-electron chi connectivity index (χ2n) is 4.63. The lowest BCUT2D eigenvalue weighted by Gasteiger charge is -2.33. The van der Waals surface area contributed by atoms with Gasteiger partial charge < -0.3 is 16.0 Å². The number of hydrogen-bond acceptors (Lipinski definition) is 5. The van der Waals surface area contributed by atoms with Crippen LogP contribution < -0.4 is 11.1 Å². The van der Waals surface area contributed by atoms with E-state index in [1.807, 2.05) is 6.92 Å². The van der Waals surface area contributed by atoms with Gasteiger partial charge in [0.05, 0.1) is 11.6 Å². The minimum absolute atomic E-state index is 0.0416. The molecule has 0 aromatic carbocycles. The van der Waals surface area contributed by atoms with Crippen molar-refractivity contribution < 1.29 is 9.59 Å². The lowest BCUT2D eigenvalue weighted by Crippen LogP contribution is -2.49. The van der Waals surface area contributed by atoms with Crippen LogP contribution in [0.5, 0.6) is 0 Å². The van der Waals surface area contributed by atoms with E-state index in [1.54, 1.807) is 10.3 Å². The molecule has 2 rings (SSSR count). The van der Waals surface area contributed by atoms with Crippen molar-refractivity contribution in [2.75, 3.05) is 19.6 Å². The van der Waals surface area contributed by atoms with Gasteiger partial charge in [0.1, 0.15) is 5.69 Å². The van der Waals surface area contributed by atoms with Crippen molar-refractivity contribution in [1.29, 1.82) is 0 Å². The number of carbonyl (C=O) groups is 2. The molecule has 0 spiro atoms. The smallest absolute Gasteiger partial charge is 0.274 e. The molecule has 0 unspecified atom stereocenters. The molecule has 104 valence electrons. The quantitative estimate of drug-likeness (QED) is 0.821. The molecule has 1 aromatic heterocycles. The largest absolute Gasteiger partial charge is 0.368 e. The Morgan fingerprint density at radius 1 is 1.53 bits per heavy atom. The first-order valence-corrected chi connectivity index (χ1v) is 7.18. The van der Waals surface area contributed by atoms with E-state index in [9.17, 15) is 9.59 Å². The van der Waals surface area contributed by atoms with Gasteiger partial charge in [-0.2, -0.15) is 0 Å². The molecule has 1 fully saturated rings. The number of aryl methyl sites for hydroxylation is 1. The Kier molecular flexibility index (Phi) is 4.49. The SMILES string of the molecule is Cc1nc(C(=O)N(CC(N)=O)C2CCNCC2)cs1. The number of nitrogens with zero attached hydrogens (tertiary/aromatic N) is 2. The number of rotatable bonds is 4. The van der Waals surface area contributed by atoms with Crippen LogP contribution in [0.15, 0.2) is 5.38 Å². The third kappa shape index (κ3) is 3.51. The van der Waals surface area contributed by atoms with Gasteiger partial charge in [-0.3, -0.25) is 9.59 Å². The molecule has 1 aliphatic rings. The van der Waals surface area contributed by atoms with Crippen molar-refractivity contribution in [3.8, 4) is 0 Å². The maximum atomic E-state index is 12.4. The maximum absolute atomic E-state index is 12.4. The summed E-state index contributed by atoms with van der Waals surface area (Å²) in [6.07, 6.45) is 1.67. The van der Waals surface area contributed by atoms with E-state index >= 15 is 0 Å². The molecule has 0 aliphatic carbocycles. The highest BCUT2D eigenvalue weighted by Crippen LogP contribution is 2.17. The van der Waals surface area contributed by atoms with Crippen LogP contribution in [-0.4, -0.2) is 47.4 Å². The average molecular weight is 282 g/mol. The second kappa shape index (κ2) is 6.12. The first-order valence-electron chi connectivity index (χ1n) is 6.30. The third-order valence-corrected chi connectivity index (χ3v) is 3.95. The summed E-state index contributed by atoms with van der Waals surface area (Å²) in [6.45, 7) is 3.51. The zero-order chi connectivity index (χ0) is 13.8. The zero-order valence-corrected chi connectivity index (χ0v) is 11.7. The summed E-state index contributed by atoms with van der Waals surface area (Å²) in [6, 6.07) is 0.0586. The number of thiazole rings is 1. The molecule has 0 atom stereocenters. The number of carbonyl (C=O) groups excluding carboxylic acids is 2. The Morgan fingerprint density at radius 3 is 2.74 bits per heavy atom. The Morgan fingerprint density at radius 2 is 2.21 bits per heavy atom. The lowest BCUT2D eigenvalue weighted by molar-refractivity contribution is -0.119. The van der Waals surface area contributed by atoms with E-state index in [0.717, 1.165) is 30.9 Å². The Bertz CT molecular complexity index is 468. The molecular formula is C12H18N4O2S. The van der Waals surface area contributed by atoms with Gasteiger partial charge in [0, 0.05) is 11.4 Å². The standard InChI is InChI=1S/C12H18N4O2S/c1-8-15-10(7-19-8)12(18)16(6-11(13)17)9-2-4-14-5-3-9/h7,9,14H,2-6H2,1H3,(H2,13,17). The highest BCUT2D eigenvalue weighted by atomic mass is 32.1. The molecule has 0 radical (unpaired) electrons. The van der Waals surface area contributed by atoms with Crippen molar-refractivity contribution >= 4 is 23.2 Å². The molecule has 7 heteroatoms. The van der Waals surface area contributed by atoms with E-state index in [0.29, 0.717) is 5.69 Å². The van der Waals surface area contributed by atoms with Crippen LogP contribution >= 0.6 is 11.3 Å². The molecule has 1 aromatic rings. The Balaban J connectivity index is 2.16. The highest BCUT2D eigenvalue weighted by Gasteiger charge is 2.28. The fourth-order valence-electron chi connectivity index (χ4n) is 2.26. The summed E-state index contributed by atoms with van der Waals surface area (Å²) in [5, 5.41) is 5.81. The first-order chi connectivity index (χ1) is 9.08. The summed E-state index contributed by atoms with van der Waals surface area (Å²) in [5.41, 5.74) is 5.66. The van der Waals surface area contributed by atoms with E-state index in [-0.39, 0.29) is 18.5 Å². The summed E-state index contributed by atoms with van der Waals surface area (Å²) >= 11 is 1.43. The Hall–Kier alpha value is -1.47. The van der Waals surface area contributed by atoms with Crippen molar-refractivity contribution in [3.63, 3.8) is 0 Å². The predicted octanol–water partition coefficient (Wildman–Crippen LogP) is 0.131. The van der Waals surface area contributed by atoms with Crippen LogP contribution in [0.4, 0.5) is 0 Å². The maximum Gasteiger partial charge on any atom is 0.274 e. The predicted molar refractivity (Wildman–Crippen MR) is 73.0 cm³/mol. The molecule has 6 nitrogen and oxygen atoms in total. The van der Waals surface area contributed by atoms with E-state index in [1.165, 1.54) is 11.3 Å². The number of aromatic nitrogens is 1. The second-order valence-corrected chi connectivity index (χ2v) is 5.69. The Labute approximate surface area is 116 Å². The molecule has 19 heavy (non-hydrogen) atoms. The van der Waals surface area contributed by atoms with Gasteiger partial charge in [-0.05, 0) is 32.9 Å². The lowest BCUT2D eigenvalue weighted by atomic mass is 10.0. The first kappa shape index (κ1) is 14.0. The molecular weight excluding hydrogens is 264 g/mol. The molecule has 2 amide bonds. The van der Waals surface area contributed by atoms with Crippen LogP contribution in [0.3, 0.4) is 0 Å². The van der Waals surface area contributed by atoms with Crippen LogP contribution in [-0.2, 0) is 4.79 Å². The number of primary amides is 1. The summed E-state index contributed by atoms with van der Waals surface area (Å²) in [4.78, 5) is 29.4. The van der Waals surface area contributed by atoms with Gasteiger partial charge in [-0.1, -0.05) is 0 Å². The molecule has 1 aliphatic heterocycles. The third-order valence-electron chi connectivity index (χ3n) is 3.17. The van der Waals surface area contributed by atoms with Gasteiger partial charge in [0.2, 0.25) is 5.91 Å². The van der Waals surface area contributed by atoms with E-state index < -0.39 is 5.91 Å². The van der Waals surface area contributed by atoms with Gasteiger partial charge in [0.15, 0.2) is 0 Å². The van der Waals surface area contributed by atoms with Crippen LogP contribution in [0, 0.1) is 6.92 Å². The molecule has 1 saturated heterocycles. The fourth-order valence-corrected chi connectivity index (χ4v) is 2.85. The number of nitrogens with two attached hydrogens (primary N) is 1. The minimum Gasteiger partial charge on any atom is -0.368 e. The van der Waals surface area contributed by atoms with E-state index in [2.05, 4.69) is 10.3 Å². The fraction of sp³-hybridized carbons (Fsp3) is 0.583. The van der Waals surface area contributed by atoms with E-state index in [4.69, 9.17) is 5.73 Å². The minimum atomic E-state index is -0.487. The van der Waals surface area contributed by atoms with Crippen LogP contribution in [0.2, 0.25) is 0 Å². The van der Waals surface area contributed by atoms with Crippen molar-refractivity contribution in [2.24, 2.45) is 5.73 Å². The molecule has 3 N–H and O–H groups in total. The topological polar surface area (TPSA) is 88.3 Å². The van der Waals surface area contributed by atoms with Crippen molar-refractivity contribution in [3.05, 3.63) is 16.1 Å². The molecule has 2 heterocycles. The van der Waals surface area contributed by atoms with Gasteiger partial charge >= 0.3 is 0 Å². The summed E-state index contributed by atoms with van der Waals surface area (Å²) < 4.78 is 0. The zero-order valence-electron chi connectivity index (χ0n) is 10.9. The van der Waals surface area contributed by atoms with Gasteiger partial charge in [-0.25, -0.2) is 4.98 Å². The number of hydrogen-bond donors (Lipinski definition) is 2. The number of amides is 2. The van der Waals surface area contributed by atoms with Crippen molar-refractivity contribution in [1.82, 2.24) is 15.2 Å². The van der Waals surface area contributed by atoms with Crippen LogP contribution in [0.25, 0.3) is 0 Å². The molecule has 0 bridgehead atoms. The monoisotopic (exact) mass is 282 g/mol. The normalized spacial score (nSPS) is 16.3.